The van der Waals surface area contributed by atoms with Crippen LogP contribution in [0.1, 0.15) is 40.0 Å². The number of carbonyl (C=O) groups excluding carboxylic acids is 2. The fourth-order valence-corrected chi connectivity index (χ4v) is 3.19. The van der Waals surface area contributed by atoms with E-state index >= 15 is 0 Å². The molecule has 2 fully saturated rings. The second-order valence-corrected chi connectivity index (χ2v) is 7.44. The Balaban J connectivity index is 1.90. The molecule has 132 valence electrons. The van der Waals surface area contributed by atoms with Crippen molar-refractivity contribution in [2.45, 2.75) is 51.8 Å². The first-order valence-corrected chi connectivity index (χ1v) is 7.76. The first-order chi connectivity index (χ1) is 10.4. The minimum atomic E-state index is -4.82. The Kier molecular flexibility index (Phi) is 4.56. The largest absolute Gasteiger partial charge is 0.471 e. The standard InChI is InChI=1S/C15H23F3N2O3/c1-13(2,3)23-12(22)20-9-6-14(10-20)4-7-19(8-5-14)11(21)15(16,17)18/h4-10H2,1-3H3. The van der Waals surface area contributed by atoms with E-state index in [1.165, 1.54) is 0 Å². The van der Waals surface area contributed by atoms with E-state index in [2.05, 4.69) is 0 Å². The summed E-state index contributed by atoms with van der Waals surface area (Å²) in [5.74, 6) is -1.77. The third-order valence-electron chi connectivity index (χ3n) is 4.44. The van der Waals surface area contributed by atoms with Gasteiger partial charge in [0.15, 0.2) is 0 Å². The van der Waals surface area contributed by atoms with Crippen LogP contribution >= 0.6 is 0 Å². The van der Waals surface area contributed by atoms with Crippen molar-refractivity contribution in [3.8, 4) is 0 Å². The van der Waals surface area contributed by atoms with Crippen molar-refractivity contribution >= 4 is 12.0 Å². The van der Waals surface area contributed by atoms with Crippen LogP contribution in [0.2, 0.25) is 0 Å². The zero-order valence-corrected chi connectivity index (χ0v) is 13.7. The lowest BCUT2D eigenvalue weighted by Crippen LogP contribution is -2.49. The third-order valence-corrected chi connectivity index (χ3v) is 4.44. The number of carbonyl (C=O) groups is 2. The maximum Gasteiger partial charge on any atom is 0.471 e. The summed E-state index contributed by atoms with van der Waals surface area (Å²) in [5.41, 5.74) is -0.769. The summed E-state index contributed by atoms with van der Waals surface area (Å²) in [4.78, 5) is 25.8. The lowest BCUT2D eigenvalue weighted by molar-refractivity contribution is -0.187. The third kappa shape index (κ3) is 4.29. The molecule has 0 saturated carbocycles. The van der Waals surface area contributed by atoms with E-state index < -0.39 is 17.7 Å². The zero-order valence-electron chi connectivity index (χ0n) is 13.7. The first-order valence-electron chi connectivity index (χ1n) is 7.76. The van der Waals surface area contributed by atoms with E-state index in [1.54, 1.807) is 25.7 Å². The van der Waals surface area contributed by atoms with E-state index in [0.717, 1.165) is 11.3 Å². The second kappa shape index (κ2) is 5.87. The van der Waals surface area contributed by atoms with E-state index in [1.807, 2.05) is 0 Å². The topological polar surface area (TPSA) is 49.9 Å². The Morgan fingerprint density at radius 2 is 1.43 bits per heavy atom. The maximum atomic E-state index is 12.5. The molecule has 2 aliphatic heterocycles. The van der Waals surface area contributed by atoms with Crippen LogP contribution in [0.3, 0.4) is 0 Å². The molecule has 2 aliphatic rings. The van der Waals surface area contributed by atoms with Crippen molar-refractivity contribution in [3.05, 3.63) is 0 Å². The van der Waals surface area contributed by atoms with Crippen LogP contribution in [0.15, 0.2) is 0 Å². The molecule has 0 bridgehead atoms. The summed E-state index contributed by atoms with van der Waals surface area (Å²) >= 11 is 0. The predicted octanol–water partition coefficient (Wildman–Crippen LogP) is 2.80. The molecular weight excluding hydrogens is 313 g/mol. The van der Waals surface area contributed by atoms with Gasteiger partial charge in [-0.1, -0.05) is 0 Å². The van der Waals surface area contributed by atoms with Crippen molar-refractivity contribution in [2.24, 2.45) is 5.41 Å². The molecule has 1 spiro atoms. The number of hydrogen-bond donors (Lipinski definition) is 0. The van der Waals surface area contributed by atoms with Crippen molar-refractivity contribution < 1.29 is 27.5 Å². The molecule has 2 rings (SSSR count). The summed E-state index contributed by atoms with van der Waals surface area (Å²) in [5, 5.41) is 0. The van der Waals surface area contributed by atoms with Crippen LogP contribution < -0.4 is 0 Å². The minimum Gasteiger partial charge on any atom is -0.444 e. The molecule has 2 amide bonds. The molecule has 5 nitrogen and oxygen atoms in total. The number of alkyl halides is 3. The SMILES string of the molecule is CC(C)(C)OC(=O)N1CCC2(CCN(C(=O)C(F)(F)F)CC2)C1. The van der Waals surface area contributed by atoms with Gasteiger partial charge in [0, 0.05) is 26.2 Å². The average Bonchev–Trinajstić information content (AvgIpc) is 2.80. The molecule has 0 aromatic rings. The molecule has 23 heavy (non-hydrogen) atoms. The van der Waals surface area contributed by atoms with E-state index in [-0.39, 0.29) is 24.6 Å². The van der Waals surface area contributed by atoms with Crippen molar-refractivity contribution in [2.75, 3.05) is 26.2 Å². The summed E-state index contributed by atoms with van der Waals surface area (Å²) in [7, 11) is 0. The van der Waals surface area contributed by atoms with E-state index in [9.17, 15) is 22.8 Å². The normalized spacial score (nSPS) is 21.7. The van der Waals surface area contributed by atoms with Crippen LogP contribution in [0, 0.1) is 5.41 Å². The van der Waals surface area contributed by atoms with Gasteiger partial charge in [-0.05, 0) is 45.4 Å². The molecule has 0 atom stereocenters. The smallest absolute Gasteiger partial charge is 0.444 e. The Morgan fingerprint density at radius 1 is 0.957 bits per heavy atom. The number of amides is 2. The van der Waals surface area contributed by atoms with Crippen molar-refractivity contribution in [1.29, 1.82) is 0 Å². The molecule has 2 saturated heterocycles. The van der Waals surface area contributed by atoms with E-state index in [0.29, 0.717) is 25.9 Å². The molecule has 2 heterocycles. The lowest BCUT2D eigenvalue weighted by Gasteiger charge is -2.39. The highest BCUT2D eigenvalue weighted by Crippen LogP contribution is 2.41. The van der Waals surface area contributed by atoms with Gasteiger partial charge in [-0.15, -0.1) is 0 Å². The van der Waals surface area contributed by atoms with Crippen molar-refractivity contribution in [1.82, 2.24) is 9.80 Å². The highest BCUT2D eigenvalue weighted by Gasteiger charge is 2.48. The van der Waals surface area contributed by atoms with Crippen LogP contribution in [-0.4, -0.2) is 59.8 Å². The van der Waals surface area contributed by atoms with Crippen LogP contribution in [-0.2, 0) is 9.53 Å². The molecule has 0 aromatic heterocycles. The molecule has 0 radical (unpaired) electrons. The highest BCUT2D eigenvalue weighted by molar-refractivity contribution is 5.82. The van der Waals surface area contributed by atoms with E-state index in [4.69, 9.17) is 4.74 Å². The second-order valence-electron chi connectivity index (χ2n) is 7.44. The summed E-state index contributed by atoms with van der Waals surface area (Å²) < 4.78 is 42.7. The number of hydrogen-bond acceptors (Lipinski definition) is 3. The summed E-state index contributed by atoms with van der Waals surface area (Å²) in [6, 6.07) is 0. The van der Waals surface area contributed by atoms with Crippen LogP contribution in [0.5, 0.6) is 0 Å². The number of nitrogens with zero attached hydrogens (tertiary/aromatic N) is 2. The number of piperidine rings is 1. The van der Waals surface area contributed by atoms with Gasteiger partial charge in [0.1, 0.15) is 5.60 Å². The van der Waals surface area contributed by atoms with Gasteiger partial charge in [-0.2, -0.15) is 13.2 Å². The van der Waals surface area contributed by atoms with Crippen LogP contribution in [0.25, 0.3) is 0 Å². The van der Waals surface area contributed by atoms with Gasteiger partial charge < -0.3 is 14.5 Å². The van der Waals surface area contributed by atoms with Gasteiger partial charge in [-0.3, -0.25) is 4.79 Å². The molecule has 0 unspecified atom stereocenters. The average molecular weight is 336 g/mol. The van der Waals surface area contributed by atoms with Crippen molar-refractivity contribution in [3.63, 3.8) is 0 Å². The quantitative estimate of drug-likeness (QED) is 0.683. The molecule has 0 N–H and O–H groups in total. The van der Waals surface area contributed by atoms with Gasteiger partial charge in [-0.25, -0.2) is 4.79 Å². The Labute approximate surface area is 133 Å². The van der Waals surface area contributed by atoms with Gasteiger partial charge >= 0.3 is 18.2 Å². The monoisotopic (exact) mass is 336 g/mol. The Bertz CT molecular complexity index is 477. The fourth-order valence-electron chi connectivity index (χ4n) is 3.19. The molecule has 0 aliphatic carbocycles. The van der Waals surface area contributed by atoms with Gasteiger partial charge in [0.25, 0.3) is 0 Å². The fraction of sp³-hybridized carbons (Fsp3) is 0.867. The lowest BCUT2D eigenvalue weighted by atomic mass is 9.78. The number of likely N-dealkylation sites (tertiary alicyclic amines) is 2. The number of rotatable bonds is 0. The molecule has 8 heteroatoms. The minimum absolute atomic E-state index is 0.0838. The molecule has 0 aromatic carbocycles. The zero-order chi connectivity index (χ0) is 17.5. The van der Waals surface area contributed by atoms with Crippen LogP contribution in [0.4, 0.5) is 18.0 Å². The van der Waals surface area contributed by atoms with Gasteiger partial charge in [0.2, 0.25) is 0 Å². The summed E-state index contributed by atoms with van der Waals surface area (Å²) in [6.45, 7) is 6.56. The maximum absolute atomic E-state index is 12.5. The Morgan fingerprint density at radius 3 is 1.87 bits per heavy atom. The summed E-state index contributed by atoms with van der Waals surface area (Å²) in [6.07, 6.45) is -3.51. The predicted molar refractivity (Wildman–Crippen MR) is 76.7 cm³/mol. The van der Waals surface area contributed by atoms with Gasteiger partial charge in [0.05, 0.1) is 0 Å². The number of halogens is 3. The highest BCUT2D eigenvalue weighted by atomic mass is 19.4. The first kappa shape index (κ1) is 17.9. The number of ether oxygens (including phenoxy) is 1. The Hall–Kier alpha value is -1.47. The molecular formula is C15H23F3N2O3.